The fourth-order valence-corrected chi connectivity index (χ4v) is 6.92. The largest absolute Gasteiger partial charge is 0.506 e. The summed E-state index contributed by atoms with van der Waals surface area (Å²) in [7, 11) is -11.6. The van der Waals surface area contributed by atoms with Gasteiger partial charge in [0, 0.05) is 37.0 Å². The number of nitrogens with zero attached hydrogens (tertiary/aromatic N) is 3. The summed E-state index contributed by atoms with van der Waals surface area (Å²) in [4.78, 5) is 1.18. The van der Waals surface area contributed by atoms with Crippen LogP contribution in [0.15, 0.2) is 56.4 Å². The molecule has 4 N–H and O–H groups in total. The van der Waals surface area contributed by atoms with Gasteiger partial charge < -0.3 is 14.6 Å². The lowest BCUT2D eigenvalue weighted by molar-refractivity contribution is 0.144. The first kappa shape index (κ1) is 32.8. The Balaban J connectivity index is 1.91. The molecule has 0 amide bonds. The zero-order valence-corrected chi connectivity index (χ0v) is 26.0. The molecular formula is C24H28ClN5O10S3. The molecule has 1 aliphatic rings. The predicted molar refractivity (Wildman–Crippen MR) is 158 cm³/mol. The van der Waals surface area contributed by atoms with Crippen LogP contribution in [0.2, 0.25) is 5.02 Å². The topological polar surface area (TPSA) is 213 Å². The van der Waals surface area contributed by atoms with Gasteiger partial charge in [-0.2, -0.15) is 8.42 Å². The van der Waals surface area contributed by atoms with Crippen LogP contribution >= 0.6 is 11.6 Å². The van der Waals surface area contributed by atoms with E-state index in [0.29, 0.717) is 13.1 Å². The molecule has 43 heavy (non-hydrogen) atoms. The van der Waals surface area contributed by atoms with Crippen LogP contribution in [0, 0.1) is 0 Å². The van der Waals surface area contributed by atoms with E-state index in [-0.39, 0.29) is 51.8 Å². The smallest absolute Gasteiger partial charge is 0.298 e. The molecule has 4 rings (SSSR count). The standard InChI is InChI=1S/C24H28ClN5O10S3/c1-39-10-11-40-20-12-16(25)18(13-21(20)43(36,37)38)26-27-19-14-22(42(34,35)29-30-8-3-4-9-30)24(31)15-6-5-7-17(23(15)19)28-41(2,32)33/h5-7,12-14,28-29,31H,3-4,8-11H2,1-2H3,(H,36,37,38). The lowest BCUT2D eigenvalue weighted by Gasteiger charge is -2.19. The van der Waals surface area contributed by atoms with Crippen LogP contribution in [0.4, 0.5) is 17.1 Å². The van der Waals surface area contributed by atoms with Gasteiger partial charge in [0.2, 0.25) is 10.0 Å². The van der Waals surface area contributed by atoms with Crippen LogP contribution in [-0.2, 0) is 34.9 Å². The zero-order chi connectivity index (χ0) is 31.6. The summed E-state index contributed by atoms with van der Waals surface area (Å²) in [6.45, 7) is 0.971. The second-order valence-electron chi connectivity index (χ2n) is 9.40. The van der Waals surface area contributed by atoms with E-state index < -0.39 is 45.7 Å². The van der Waals surface area contributed by atoms with Crippen molar-refractivity contribution < 1.29 is 44.4 Å². The summed E-state index contributed by atoms with van der Waals surface area (Å²) in [6, 6.07) is 7.12. The summed E-state index contributed by atoms with van der Waals surface area (Å²) < 4.78 is 97.2. The molecule has 0 aliphatic carbocycles. The predicted octanol–water partition coefficient (Wildman–Crippen LogP) is 3.55. The van der Waals surface area contributed by atoms with Crippen molar-refractivity contribution in [3.05, 3.63) is 41.4 Å². The number of aromatic hydroxyl groups is 1. The Morgan fingerprint density at radius 3 is 2.26 bits per heavy atom. The number of sulfonamides is 2. The van der Waals surface area contributed by atoms with Gasteiger partial charge in [0.1, 0.15) is 33.6 Å². The van der Waals surface area contributed by atoms with Gasteiger partial charge in [-0.3, -0.25) is 9.27 Å². The van der Waals surface area contributed by atoms with Crippen LogP contribution in [0.3, 0.4) is 0 Å². The molecule has 3 aromatic rings. The second kappa shape index (κ2) is 12.9. The highest BCUT2D eigenvalue weighted by atomic mass is 35.5. The molecule has 0 radical (unpaired) electrons. The highest BCUT2D eigenvalue weighted by Gasteiger charge is 2.28. The van der Waals surface area contributed by atoms with E-state index in [0.717, 1.165) is 37.3 Å². The maximum absolute atomic E-state index is 13.3. The molecule has 0 atom stereocenters. The summed E-state index contributed by atoms with van der Waals surface area (Å²) in [5.41, 5.74) is -0.527. The number of hydrogen-bond donors (Lipinski definition) is 4. The van der Waals surface area contributed by atoms with Gasteiger partial charge in [-0.25, -0.2) is 21.8 Å². The number of anilines is 1. The highest BCUT2D eigenvalue weighted by Crippen LogP contribution is 2.44. The van der Waals surface area contributed by atoms with E-state index in [4.69, 9.17) is 21.1 Å². The molecule has 0 spiro atoms. The molecule has 1 aliphatic heterocycles. The maximum Gasteiger partial charge on any atom is 0.298 e. The van der Waals surface area contributed by atoms with Crippen molar-refractivity contribution in [1.29, 1.82) is 0 Å². The summed E-state index contributed by atoms with van der Waals surface area (Å²) in [5.74, 6) is -0.943. The number of ether oxygens (including phenoxy) is 2. The highest BCUT2D eigenvalue weighted by molar-refractivity contribution is 7.92. The van der Waals surface area contributed by atoms with Gasteiger partial charge >= 0.3 is 0 Å². The number of phenolic OH excluding ortho intramolecular Hbond substituents is 1. The second-order valence-corrected chi connectivity index (χ2v) is 14.6. The van der Waals surface area contributed by atoms with Gasteiger partial charge in [0.25, 0.3) is 20.1 Å². The van der Waals surface area contributed by atoms with Crippen molar-refractivity contribution in [3.63, 3.8) is 0 Å². The number of hydrazine groups is 1. The minimum Gasteiger partial charge on any atom is -0.506 e. The van der Waals surface area contributed by atoms with E-state index in [2.05, 4.69) is 19.8 Å². The van der Waals surface area contributed by atoms with Crippen molar-refractivity contribution in [2.45, 2.75) is 22.6 Å². The Morgan fingerprint density at radius 2 is 1.63 bits per heavy atom. The van der Waals surface area contributed by atoms with Gasteiger partial charge in [-0.05, 0) is 31.0 Å². The monoisotopic (exact) mass is 677 g/mol. The first-order valence-electron chi connectivity index (χ1n) is 12.5. The first-order chi connectivity index (χ1) is 20.1. The fraction of sp³-hybridized carbons (Fsp3) is 0.333. The number of fused-ring (bicyclic) bond motifs is 1. The van der Waals surface area contributed by atoms with E-state index in [9.17, 15) is 34.9 Å². The number of methoxy groups -OCH3 is 1. The number of nitrogens with one attached hydrogen (secondary N) is 2. The number of azo groups is 1. The molecule has 0 unspecified atom stereocenters. The third-order valence-electron chi connectivity index (χ3n) is 6.12. The average Bonchev–Trinajstić information content (AvgIpc) is 3.40. The molecule has 0 aromatic heterocycles. The normalized spacial score (nSPS) is 15.0. The van der Waals surface area contributed by atoms with Gasteiger partial charge in [-0.1, -0.05) is 23.7 Å². The molecule has 1 fully saturated rings. The first-order valence-corrected chi connectivity index (χ1v) is 17.7. The van der Waals surface area contributed by atoms with E-state index in [1.54, 1.807) is 0 Å². The molecule has 19 heteroatoms. The molecule has 1 heterocycles. The van der Waals surface area contributed by atoms with Crippen molar-refractivity contribution >= 4 is 69.6 Å². The molecule has 3 aromatic carbocycles. The lowest BCUT2D eigenvalue weighted by atomic mass is 10.1. The summed E-state index contributed by atoms with van der Waals surface area (Å²) >= 11 is 6.31. The Bertz CT molecular complexity index is 1900. The van der Waals surface area contributed by atoms with Crippen LogP contribution in [-0.4, -0.2) is 79.6 Å². The molecule has 234 valence electrons. The van der Waals surface area contributed by atoms with Crippen LogP contribution in [0.25, 0.3) is 10.8 Å². The van der Waals surface area contributed by atoms with E-state index in [1.807, 2.05) is 0 Å². The van der Waals surface area contributed by atoms with Crippen LogP contribution in [0.1, 0.15) is 12.8 Å². The molecule has 1 saturated heterocycles. The third-order valence-corrected chi connectivity index (χ3v) is 9.28. The van der Waals surface area contributed by atoms with Crippen molar-refractivity contribution in [2.75, 3.05) is 44.4 Å². The van der Waals surface area contributed by atoms with Crippen molar-refractivity contribution in [2.24, 2.45) is 10.2 Å². The van der Waals surface area contributed by atoms with Crippen LogP contribution in [0.5, 0.6) is 11.5 Å². The number of phenols is 1. The Morgan fingerprint density at radius 1 is 0.977 bits per heavy atom. The summed E-state index contributed by atoms with van der Waals surface area (Å²) in [6.07, 6.45) is 2.45. The van der Waals surface area contributed by atoms with Crippen molar-refractivity contribution in [1.82, 2.24) is 9.84 Å². The molecule has 0 bridgehead atoms. The Hall–Kier alpha value is -3.10. The third kappa shape index (κ3) is 7.90. The minimum atomic E-state index is -4.83. The van der Waals surface area contributed by atoms with E-state index in [1.165, 1.54) is 30.3 Å². The number of benzene rings is 3. The van der Waals surface area contributed by atoms with E-state index >= 15 is 0 Å². The van der Waals surface area contributed by atoms with Gasteiger partial charge in [0.05, 0.1) is 29.3 Å². The minimum absolute atomic E-state index is 0.0139. The Labute approximate surface area is 253 Å². The number of halogens is 1. The SMILES string of the molecule is COCCOc1cc(Cl)c(N=Nc2cc(S(=O)(=O)NN3CCCC3)c(O)c3cccc(NS(C)(=O)=O)c23)cc1S(=O)(=O)O. The quantitative estimate of drug-likeness (QED) is 0.124. The number of hydrogen-bond acceptors (Lipinski definition) is 12. The summed E-state index contributed by atoms with van der Waals surface area (Å²) in [5, 5.41) is 20.4. The number of rotatable bonds is 12. The maximum atomic E-state index is 13.3. The van der Waals surface area contributed by atoms with Crippen LogP contribution < -0.4 is 14.3 Å². The molecular weight excluding hydrogens is 650 g/mol. The van der Waals surface area contributed by atoms with Gasteiger partial charge in [-0.15, -0.1) is 15.1 Å². The fourth-order valence-electron chi connectivity index (χ4n) is 4.28. The molecule has 15 nitrogen and oxygen atoms in total. The average molecular weight is 678 g/mol. The zero-order valence-electron chi connectivity index (χ0n) is 22.8. The van der Waals surface area contributed by atoms with Crippen molar-refractivity contribution in [3.8, 4) is 11.5 Å². The molecule has 0 saturated carbocycles. The lowest BCUT2D eigenvalue weighted by Crippen LogP contribution is -2.39. The Kier molecular flexibility index (Phi) is 9.82. The van der Waals surface area contributed by atoms with Gasteiger partial charge in [0.15, 0.2) is 0 Å².